The lowest BCUT2D eigenvalue weighted by Gasteiger charge is -2.06. The zero-order valence-electron chi connectivity index (χ0n) is 14.9. The lowest BCUT2D eigenvalue weighted by Crippen LogP contribution is -2.14. The molecule has 1 aromatic heterocycles. The van der Waals surface area contributed by atoms with E-state index in [-0.39, 0.29) is 5.91 Å². The summed E-state index contributed by atoms with van der Waals surface area (Å²) >= 11 is 3.35. The first-order valence-corrected chi connectivity index (χ1v) is 10.0. The predicted octanol–water partition coefficient (Wildman–Crippen LogP) is 5.59. The van der Waals surface area contributed by atoms with Gasteiger partial charge in [0.2, 0.25) is 5.91 Å². The van der Waals surface area contributed by atoms with Crippen LogP contribution < -0.4 is 5.32 Å². The van der Waals surface area contributed by atoms with Crippen LogP contribution in [-0.4, -0.2) is 16.1 Å². The number of carbonyl (C=O) groups excluding carboxylic acids is 1. The van der Waals surface area contributed by atoms with E-state index in [4.69, 9.17) is 0 Å². The lowest BCUT2D eigenvalue weighted by molar-refractivity contribution is -0.115. The molecule has 0 bridgehead atoms. The standard InChI is InChI=1S/C20H22N2OS2/c1-12(2)24-16-7-5-15(6-8-16)11-18(23)21-20-22-19-14(4)9-13(3)10-17(19)25-20/h5-10,12H,11H2,1-4H3,(H,21,22,23). The molecule has 0 unspecified atom stereocenters. The van der Waals surface area contributed by atoms with Crippen LogP contribution in [0.4, 0.5) is 5.13 Å². The van der Waals surface area contributed by atoms with Gasteiger partial charge in [-0.3, -0.25) is 4.79 Å². The highest BCUT2D eigenvalue weighted by Gasteiger charge is 2.11. The largest absolute Gasteiger partial charge is 0.302 e. The first-order chi connectivity index (χ1) is 11.9. The number of aromatic nitrogens is 1. The number of carbonyl (C=O) groups is 1. The van der Waals surface area contributed by atoms with Crippen LogP contribution in [0, 0.1) is 13.8 Å². The number of anilines is 1. The molecular weight excluding hydrogens is 348 g/mol. The van der Waals surface area contributed by atoms with Gasteiger partial charge in [0.1, 0.15) is 0 Å². The maximum Gasteiger partial charge on any atom is 0.230 e. The Bertz CT molecular complexity index is 898. The molecule has 3 rings (SSSR count). The third kappa shape index (κ3) is 4.61. The quantitative estimate of drug-likeness (QED) is 0.595. The second kappa shape index (κ2) is 7.58. The second-order valence-electron chi connectivity index (χ2n) is 6.48. The van der Waals surface area contributed by atoms with Crippen molar-refractivity contribution < 1.29 is 4.79 Å². The van der Waals surface area contributed by atoms with E-state index in [0.29, 0.717) is 16.8 Å². The van der Waals surface area contributed by atoms with E-state index >= 15 is 0 Å². The van der Waals surface area contributed by atoms with Gasteiger partial charge in [-0.25, -0.2) is 4.98 Å². The zero-order valence-corrected chi connectivity index (χ0v) is 16.6. The Morgan fingerprint density at radius 1 is 1.20 bits per heavy atom. The van der Waals surface area contributed by atoms with E-state index in [1.54, 1.807) is 0 Å². The number of rotatable bonds is 5. The van der Waals surface area contributed by atoms with Gasteiger partial charge in [0.05, 0.1) is 16.6 Å². The maximum absolute atomic E-state index is 12.3. The molecule has 1 N–H and O–H groups in total. The molecule has 2 aromatic carbocycles. The molecule has 3 nitrogen and oxygen atoms in total. The average Bonchev–Trinajstić information content (AvgIpc) is 2.91. The van der Waals surface area contributed by atoms with Gasteiger partial charge in [0, 0.05) is 10.1 Å². The van der Waals surface area contributed by atoms with E-state index < -0.39 is 0 Å². The summed E-state index contributed by atoms with van der Waals surface area (Å²) < 4.78 is 1.11. The Morgan fingerprint density at radius 2 is 1.92 bits per heavy atom. The Morgan fingerprint density at radius 3 is 2.60 bits per heavy atom. The number of nitrogens with one attached hydrogen (secondary N) is 1. The van der Waals surface area contributed by atoms with Crippen LogP contribution in [0.15, 0.2) is 41.3 Å². The van der Waals surface area contributed by atoms with Gasteiger partial charge in [-0.05, 0) is 48.7 Å². The molecule has 0 saturated carbocycles. The highest BCUT2D eigenvalue weighted by molar-refractivity contribution is 7.99. The summed E-state index contributed by atoms with van der Waals surface area (Å²) in [5, 5.41) is 4.16. The molecule has 0 radical (unpaired) electrons. The summed E-state index contributed by atoms with van der Waals surface area (Å²) in [4.78, 5) is 18.1. The molecule has 25 heavy (non-hydrogen) atoms. The van der Waals surface area contributed by atoms with Gasteiger partial charge in [0.25, 0.3) is 0 Å². The molecule has 5 heteroatoms. The molecule has 0 spiro atoms. The molecule has 0 fully saturated rings. The first kappa shape index (κ1) is 18.0. The molecule has 0 saturated heterocycles. The summed E-state index contributed by atoms with van der Waals surface area (Å²) in [6, 6.07) is 12.4. The normalized spacial score (nSPS) is 11.2. The van der Waals surface area contributed by atoms with Crippen molar-refractivity contribution in [3.05, 3.63) is 53.1 Å². The molecular formula is C20H22N2OS2. The highest BCUT2D eigenvalue weighted by Crippen LogP contribution is 2.29. The summed E-state index contributed by atoms with van der Waals surface area (Å²) in [6.07, 6.45) is 0.362. The highest BCUT2D eigenvalue weighted by atomic mass is 32.2. The van der Waals surface area contributed by atoms with Crippen molar-refractivity contribution in [2.24, 2.45) is 0 Å². The van der Waals surface area contributed by atoms with E-state index in [2.05, 4.69) is 62.3 Å². The summed E-state index contributed by atoms with van der Waals surface area (Å²) in [5.41, 5.74) is 4.34. The van der Waals surface area contributed by atoms with Crippen molar-refractivity contribution in [2.45, 2.75) is 44.3 Å². The molecule has 0 aliphatic heterocycles. The summed E-state index contributed by atoms with van der Waals surface area (Å²) in [6.45, 7) is 8.48. The molecule has 130 valence electrons. The minimum Gasteiger partial charge on any atom is -0.302 e. The van der Waals surface area contributed by atoms with E-state index in [0.717, 1.165) is 21.3 Å². The Hall–Kier alpha value is -1.85. The van der Waals surface area contributed by atoms with Gasteiger partial charge in [0.15, 0.2) is 5.13 Å². The average molecular weight is 371 g/mol. The Kier molecular flexibility index (Phi) is 5.45. The number of thiazole rings is 1. The minimum atomic E-state index is -0.0299. The van der Waals surface area contributed by atoms with Crippen molar-refractivity contribution in [3.63, 3.8) is 0 Å². The molecule has 1 heterocycles. The number of nitrogens with zero attached hydrogens (tertiary/aromatic N) is 1. The van der Waals surface area contributed by atoms with Crippen LogP contribution >= 0.6 is 23.1 Å². The number of fused-ring (bicyclic) bond motifs is 1. The van der Waals surface area contributed by atoms with Gasteiger partial charge in [-0.1, -0.05) is 43.4 Å². The monoisotopic (exact) mass is 370 g/mol. The fourth-order valence-corrected chi connectivity index (χ4v) is 4.63. The fraction of sp³-hybridized carbons (Fsp3) is 0.300. The number of benzene rings is 2. The summed E-state index contributed by atoms with van der Waals surface area (Å²) in [7, 11) is 0. The number of hydrogen-bond donors (Lipinski definition) is 1. The van der Waals surface area contributed by atoms with Gasteiger partial charge < -0.3 is 5.32 Å². The van der Waals surface area contributed by atoms with E-state index in [1.165, 1.54) is 21.8 Å². The second-order valence-corrected chi connectivity index (χ2v) is 9.16. The van der Waals surface area contributed by atoms with Crippen molar-refractivity contribution in [1.82, 2.24) is 4.98 Å². The molecule has 0 aliphatic carbocycles. The number of thioether (sulfide) groups is 1. The third-order valence-corrected chi connectivity index (χ3v) is 5.67. The van der Waals surface area contributed by atoms with Crippen LogP contribution in [-0.2, 0) is 11.2 Å². The molecule has 0 atom stereocenters. The first-order valence-electron chi connectivity index (χ1n) is 8.34. The summed E-state index contributed by atoms with van der Waals surface area (Å²) in [5.74, 6) is -0.0299. The van der Waals surface area contributed by atoms with Gasteiger partial charge >= 0.3 is 0 Å². The number of hydrogen-bond acceptors (Lipinski definition) is 4. The van der Waals surface area contributed by atoms with E-state index in [9.17, 15) is 4.79 Å². The van der Waals surface area contributed by atoms with Crippen molar-refractivity contribution in [1.29, 1.82) is 0 Å². The van der Waals surface area contributed by atoms with Gasteiger partial charge in [-0.2, -0.15) is 0 Å². The zero-order chi connectivity index (χ0) is 18.0. The van der Waals surface area contributed by atoms with Crippen LogP contribution in [0.1, 0.15) is 30.5 Å². The SMILES string of the molecule is Cc1cc(C)c2nc(NC(=O)Cc3ccc(SC(C)C)cc3)sc2c1. The van der Waals surface area contributed by atoms with Crippen molar-refractivity contribution >= 4 is 44.4 Å². The van der Waals surface area contributed by atoms with E-state index in [1.807, 2.05) is 23.9 Å². The van der Waals surface area contributed by atoms with Crippen molar-refractivity contribution in [2.75, 3.05) is 5.32 Å². The Labute approximate surface area is 156 Å². The number of amides is 1. The lowest BCUT2D eigenvalue weighted by atomic mass is 10.1. The Balaban J connectivity index is 1.67. The molecule has 1 amide bonds. The maximum atomic E-state index is 12.3. The third-order valence-electron chi connectivity index (χ3n) is 3.74. The van der Waals surface area contributed by atoms with Crippen molar-refractivity contribution in [3.8, 4) is 0 Å². The topological polar surface area (TPSA) is 42.0 Å². The number of aryl methyl sites for hydroxylation is 2. The van der Waals surface area contributed by atoms with Gasteiger partial charge in [-0.15, -0.1) is 11.8 Å². The molecule has 0 aliphatic rings. The van der Waals surface area contributed by atoms with Crippen LogP contribution in [0.25, 0.3) is 10.2 Å². The van der Waals surface area contributed by atoms with Crippen LogP contribution in [0.3, 0.4) is 0 Å². The van der Waals surface area contributed by atoms with Crippen LogP contribution in [0.2, 0.25) is 0 Å². The smallest absolute Gasteiger partial charge is 0.230 e. The molecule has 3 aromatic rings. The van der Waals surface area contributed by atoms with Crippen LogP contribution in [0.5, 0.6) is 0 Å². The predicted molar refractivity (Wildman–Crippen MR) is 109 cm³/mol. The fourth-order valence-electron chi connectivity index (χ4n) is 2.73. The minimum absolute atomic E-state index is 0.0299.